The topological polar surface area (TPSA) is 38.5 Å². The Balaban J connectivity index is -0.000000376. The Morgan fingerprint density at radius 1 is 1.25 bits per heavy atom. The number of alkyl halides is 2. The Hall–Kier alpha value is -0.260. The fraction of sp³-hybridized carbons (Fsp3) is 1.00. The zero-order valence-corrected chi connectivity index (χ0v) is 11.5. The molecule has 0 rings (SSSR count). The molecule has 0 aliphatic carbocycles. The Morgan fingerprint density at radius 2 is 1.69 bits per heavy atom. The fourth-order valence-corrected chi connectivity index (χ4v) is 0.858. The number of halogens is 2. The van der Waals surface area contributed by atoms with Crippen LogP contribution in [0.2, 0.25) is 0 Å². The average molecular weight is 242 g/mol. The van der Waals surface area contributed by atoms with Crippen LogP contribution >= 0.6 is 0 Å². The van der Waals surface area contributed by atoms with Gasteiger partial charge in [-0.2, -0.15) is 0 Å². The summed E-state index contributed by atoms with van der Waals surface area (Å²) in [5.74, 6) is 0. The monoisotopic (exact) mass is 242 g/mol. The van der Waals surface area contributed by atoms with Crippen molar-refractivity contribution in [2.45, 2.75) is 40.2 Å². The van der Waals surface area contributed by atoms with Crippen molar-refractivity contribution in [3.05, 3.63) is 0 Å². The summed E-state index contributed by atoms with van der Waals surface area (Å²) in [5, 5.41) is 0. The van der Waals surface area contributed by atoms with E-state index in [2.05, 4.69) is 5.73 Å². The number of rotatable bonds is 6. The summed E-state index contributed by atoms with van der Waals surface area (Å²) in [6.07, 6.45) is -2.48. The van der Waals surface area contributed by atoms with Gasteiger partial charge in [0.25, 0.3) is 6.43 Å². The van der Waals surface area contributed by atoms with Gasteiger partial charge in [-0.05, 0) is 27.6 Å². The third kappa shape index (κ3) is 19.3. The minimum atomic E-state index is -2.36. The van der Waals surface area contributed by atoms with Gasteiger partial charge in [0.2, 0.25) is 0 Å². The van der Waals surface area contributed by atoms with Crippen molar-refractivity contribution in [1.82, 2.24) is 4.90 Å². The molecule has 102 valence electrons. The molecule has 3 nitrogen and oxygen atoms in total. The Labute approximate surface area is 98.9 Å². The lowest BCUT2D eigenvalue weighted by molar-refractivity contribution is -0.0258. The lowest BCUT2D eigenvalue weighted by Gasteiger charge is -2.19. The van der Waals surface area contributed by atoms with Gasteiger partial charge in [0, 0.05) is 6.54 Å². The van der Waals surface area contributed by atoms with Gasteiger partial charge in [0.1, 0.15) is 6.61 Å². The van der Waals surface area contributed by atoms with E-state index in [1.165, 1.54) is 7.05 Å². The van der Waals surface area contributed by atoms with E-state index in [1.54, 1.807) is 6.92 Å². The maximum atomic E-state index is 11.7. The lowest BCUT2D eigenvalue weighted by Crippen LogP contribution is -2.30. The van der Waals surface area contributed by atoms with Crippen molar-refractivity contribution >= 4 is 0 Å². The summed E-state index contributed by atoms with van der Waals surface area (Å²) in [5.41, 5.74) is 4.50. The summed E-state index contributed by atoms with van der Waals surface area (Å²) >= 11 is 0. The largest absolute Gasteiger partial charge is 0.371 e. The molecule has 0 aliphatic heterocycles. The van der Waals surface area contributed by atoms with Gasteiger partial charge in [0.05, 0.1) is 6.10 Å². The number of hydrogen-bond acceptors (Lipinski definition) is 3. The number of nitrogens with two attached hydrogens (primary N) is 1. The predicted molar refractivity (Wildman–Crippen MR) is 66.0 cm³/mol. The van der Waals surface area contributed by atoms with Gasteiger partial charge < -0.3 is 15.4 Å². The van der Waals surface area contributed by atoms with E-state index in [9.17, 15) is 8.78 Å². The molecule has 0 aromatic rings. The van der Waals surface area contributed by atoms with Crippen molar-refractivity contribution in [2.24, 2.45) is 5.73 Å². The zero-order chi connectivity index (χ0) is 13.6. The van der Waals surface area contributed by atoms with Gasteiger partial charge in [-0.25, -0.2) is 8.78 Å². The lowest BCUT2D eigenvalue weighted by atomic mass is 10.4. The van der Waals surface area contributed by atoms with Crippen molar-refractivity contribution in [3.8, 4) is 0 Å². The predicted octanol–water partition coefficient (Wildman–Crippen LogP) is 2.21. The van der Waals surface area contributed by atoms with E-state index in [0.717, 1.165) is 6.54 Å². The van der Waals surface area contributed by atoms with Crippen molar-refractivity contribution < 1.29 is 13.5 Å². The summed E-state index contributed by atoms with van der Waals surface area (Å²) in [6.45, 7) is 8.96. The van der Waals surface area contributed by atoms with Gasteiger partial charge in [-0.3, -0.25) is 0 Å². The summed E-state index contributed by atoms with van der Waals surface area (Å²) in [7, 11) is 3.43. The molecular formula is C11H28F2N2O. The Morgan fingerprint density at radius 3 is 2.00 bits per heavy atom. The first-order valence-corrected chi connectivity index (χ1v) is 5.72. The molecule has 2 N–H and O–H groups in total. The average Bonchev–Trinajstić information content (AvgIpc) is 2.31. The second kappa shape index (κ2) is 17.1. The highest BCUT2D eigenvalue weighted by atomic mass is 19.3. The smallest absolute Gasteiger partial charge is 0.261 e. The molecular weight excluding hydrogens is 214 g/mol. The standard InChI is InChI=1S/C8H17F2NO.C2H6.CH5N/c1-4-11(3)5-7(2)12-6-8(9)10;2*1-2/h7-8H,4-6H2,1-3H3;1-2H3;2H2,1H3. The number of nitrogens with zero attached hydrogens (tertiary/aromatic N) is 1. The van der Waals surface area contributed by atoms with Crippen LogP contribution < -0.4 is 5.73 Å². The summed E-state index contributed by atoms with van der Waals surface area (Å²) in [6, 6.07) is 0. The minimum Gasteiger partial charge on any atom is -0.371 e. The second-order valence-corrected chi connectivity index (χ2v) is 2.89. The summed E-state index contributed by atoms with van der Waals surface area (Å²) in [4.78, 5) is 2.02. The molecule has 0 saturated carbocycles. The molecule has 16 heavy (non-hydrogen) atoms. The minimum absolute atomic E-state index is 0.121. The molecule has 0 amide bonds. The maximum absolute atomic E-state index is 11.7. The summed E-state index contributed by atoms with van der Waals surface area (Å²) < 4.78 is 28.2. The molecule has 5 heteroatoms. The van der Waals surface area contributed by atoms with Crippen LogP contribution in [0.4, 0.5) is 8.78 Å². The van der Waals surface area contributed by atoms with E-state index in [-0.39, 0.29) is 6.10 Å². The Kier molecular flexibility index (Phi) is 22.6. The molecule has 1 atom stereocenters. The molecule has 0 fully saturated rings. The molecule has 0 aliphatic rings. The Bertz CT molecular complexity index is 116. The normalized spacial score (nSPS) is 11.4. The van der Waals surface area contributed by atoms with E-state index in [0.29, 0.717) is 6.54 Å². The van der Waals surface area contributed by atoms with E-state index >= 15 is 0 Å². The van der Waals surface area contributed by atoms with Crippen LogP contribution in [0.1, 0.15) is 27.7 Å². The van der Waals surface area contributed by atoms with Crippen LogP contribution in [0, 0.1) is 0 Å². The quantitative estimate of drug-likeness (QED) is 0.776. The highest BCUT2D eigenvalue weighted by Crippen LogP contribution is 1.98. The van der Waals surface area contributed by atoms with Gasteiger partial charge >= 0.3 is 0 Å². The molecule has 1 unspecified atom stereocenters. The third-order valence-corrected chi connectivity index (χ3v) is 1.62. The SMILES string of the molecule is CC.CCN(C)CC(C)OCC(F)F.CN. The van der Waals surface area contributed by atoms with Crippen molar-refractivity contribution in [1.29, 1.82) is 0 Å². The molecule has 0 aromatic heterocycles. The number of likely N-dealkylation sites (N-methyl/N-ethyl adjacent to an activating group) is 1. The first kappa shape index (κ1) is 21.1. The molecule has 0 heterocycles. The second-order valence-electron chi connectivity index (χ2n) is 2.89. The molecule has 0 saturated heterocycles. The molecule has 0 aromatic carbocycles. The third-order valence-electron chi connectivity index (χ3n) is 1.62. The van der Waals surface area contributed by atoms with Gasteiger partial charge in [0.15, 0.2) is 0 Å². The number of hydrogen-bond donors (Lipinski definition) is 1. The highest BCUT2D eigenvalue weighted by Gasteiger charge is 2.08. The van der Waals surface area contributed by atoms with Crippen molar-refractivity contribution in [3.63, 3.8) is 0 Å². The van der Waals surface area contributed by atoms with E-state index in [1.807, 2.05) is 32.7 Å². The van der Waals surface area contributed by atoms with Crippen LogP contribution in [0.3, 0.4) is 0 Å². The fourth-order valence-electron chi connectivity index (χ4n) is 0.858. The number of ether oxygens (including phenoxy) is 1. The van der Waals surface area contributed by atoms with E-state index < -0.39 is 13.0 Å². The molecule has 0 radical (unpaired) electrons. The first-order chi connectivity index (χ1) is 7.56. The van der Waals surface area contributed by atoms with Crippen molar-refractivity contribution in [2.75, 3.05) is 33.8 Å². The van der Waals surface area contributed by atoms with Crippen LogP contribution in [0.25, 0.3) is 0 Å². The van der Waals surface area contributed by atoms with Crippen LogP contribution in [-0.2, 0) is 4.74 Å². The van der Waals surface area contributed by atoms with Gasteiger partial charge in [-0.15, -0.1) is 0 Å². The maximum Gasteiger partial charge on any atom is 0.261 e. The van der Waals surface area contributed by atoms with Crippen LogP contribution in [0.5, 0.6) is 0 Å². The molecule has 0 bridgehead atoms. The highest BCUT2D eigenvalue weighted by molar-refractivity contribution is 4.56. The van der Waals surface area contributed by atoms with E-state index in [4.69, 9.17) is 4.74 Å². The zero-order valence-electron chi connectivity index (χ0n) is 11.5. The van der Waals surface area contributed by atoms with Crippen LogP contribution in [-0.4, -0.2) is 51.2 Å². The molecule has 0 spiro atoms. The van der Waals surface area contributed by atoms with Crippen LogP contribution in [0.15, 0.2) is 0 Å². The van der Waals surface area contributed by atoms with Gasteiger partial charge in [-0.1, -0.05) is 20.8 Å². The first-order valence-electron chi connectivity index (χ1n) is 5.72.